The number of nitrogens with zero attached hydrogens (tertiary/aromatic N) is 1. The van der Waals surface area contributed by atoms with Crippen molar-refractivity contribution in [3.05, 3.63) is 59.7 Å². The van der Waals surface area contributed by atoms with Crippen LogP contribution in [-0.2, 0) is 21.9 Å². The zero-order valence-corrected chi connectivity index (χ0v) is 15.4. The second-order valence-electron chi connectivity index (χ2n) is 6.52. The molecule has 2 aromatic carbocycles. The molecule has 0 aliphatic carbocycles. The van der Waals surface area contributed by atoms with E-state index in [2.05, 4.69) is 20.9 Å². The molecule has 1 aliphatic rings. The third-order valence-electron chi connectivity index (χ3n) is 4.13. The van der Waals surface area contributed by atoms with Crippen LogP contribution in [0.5, 0.6) is 0 Å². The molecule has 0 fully saturated rings. The molecule has 0 spiro atoms. The monoisotopic (exact) mass is 444 g/mol. The Labute approximate surface area is 171 Å². The molecule has 0 saturated heterocycles. The van der Waals surface area contributed by atoms with Gasteiger partial charge in [0.05, 0.1) is 17.5 Å². The number of halogens is 6. The summed E-state index contributed by atoms with van der Waals surface area (Å²) in [6, 6.07) is 6.71. The zero-order valence-electron chi connectivity index (χ0n) is 15.4. The molecule has 1 aliphatic heterocycles. The van der Waals surface area contributed by atoms with Gasteiger partial charge in [0.25, 0.3) is 0 Å². The number of carbonyl (C=O) groups is 2. The number of guanidine groups is 1. The van der Waals surface area contributed by atoms with Crippen molar-refractivity contribution in [1.29, 1.82) is 0 Å². The smallest absolute Gasteiger partial charge is 0.326 e. The van der Waals surface area contributed by atoms with Gasteiger partial charge in [0.2, 0.25) is 17.8 Å². The molecule has 0 aromatic heterocycles. The summed E-state index contributed by atoms with van der Waals surface area (Å²) >= 11 is 0. The Morgan fingerprint density at radius 3 is 2.06 bits per heavy atom. The van der Waals surface area contributed by atoms with E-state index in [1.807, 2.05) is 0 Å². The molecule has 0 saturated carbocycles. The molecular formula is C19H14F6N4O2. The van der Waals surface area contributed by atoms with E-state index in [0.29, 0.717) is 0 Å². The molecule has 31 heavy (non-hydrogen) atoms. The van der Waals surface area contributed by atoms with Gasteiger partial charge in [0, 0.05) is 11.4 Å². The van der Waals surface area contributed by atoms with Crippen molar-refractivity contribution in [1.82, 2.24) is 5.32 Å². The van der Waals surface area contributed by atoms with E-state index in [0.717, 1.165) is 36.4 Å². The average molecular weight is 444 g/mol. The Bertz CT molecular complexity index is 1030. The number of hydrogen-bond acceptors (Lipinski definition) is 4. The highest BCUT2D eigenvalue weighted by Crippen LogP contribution is 2.31. The van der Waals surface area contributed by atoms with Crippen molar-refractivity contribution in [2.24, 2.45) is 4.99 Å². The molecular weight excluding hydrogens is 430 g/mol. The number of rotatable bonds is 3. The molecule has 164 valence electrons. The van der Waals surface area contributed by atoms with E-state index in [-0.39, 0.29) is 17.3 Å². The predicted molar refractivity (Wildman–Crippen MR) is 99.1 cm³/mol. The lowest BCUT2D eigenvalue weighted by molar-refractivity contribution is -0.138. The fourth-order valence-corrected chi connectivity index (χ4v) is 2.72. The summed E-state index contributed by atoms with van der Waals surface area (Å²) < 4.78 is 76.9. The molecule has 0 unspecified atom stereocenters. The third-order valence-corrected chi connectivity index (χ3v) is 4.13. The van der Waals surface area contributed by atoms with E-state index >= 15 is 0 Å². The maximum absolute atomic E-state index is 12.8. The summed E-state index contributed by atoms with van der Waals surface area (Å²) in [6.45, 7) is 0. The number of benzene rings is 2. The van der Waals surface area contributed by atoms with Gasteiger partial charge in [-0.1, -0.05) is 12.1 Å². The number of hydrogen-bond donors (Lipinski definition) is 3. The van der Waals surface area contributed by atoms with Crippen LogP contribution in [0.15, 0.2) is 53.5 Å². The molecule has 3 N–H and O–H groups in total. The lowest BCUT2D eigenvalue weighted by Gasteiger charge is -2.21. The van der Waals surface area contributed by atoms with Gasteiger partial charge in [-0.2, -0.15) is 26.3 Å². The summed E-state index contributed by atoms with van der Waals surface area (Å²) in [5, 5.41) is 7.04. The summed E-state index contributed by atoms with van der Waals surface area (Å²) in [5.74, 6) is -1.76. The fraction of sp³-hybridized carbons (Fsp3) is 0.211. The van der Waals surface area contributed by atoms with Crippen molar-refractivity contribution < 1.29 is 35.9 Å². The average Bonchev–Trinajstić information content (AvgIpc) is 2.66. The van der Waals surface area contributed by atoms with Gasteiger partial charge in [-0.15, -0.1) is 0 Å². The standard InChI is InChI=1S/C19H14F6N4O2/c20-18(21,22)10-3-1-5-12(7-10)26-16(31)14-9-15(30)29-17(28-14)27-13-6-2-4-11(8-13)19(23,24)25/h1-8,14H,9H2,(H,26,31)(H2,27,28,29,30)/t14-/m0/s1. The number of amides is 2. The van der Waals surface area contributed by atoms with E-state index < -0.39 is 47.8 Å². The van der Waals surface area contributed by atoms with Gasteiger partial charge in [-0.25, -0.2) is 4.99 Å². The lowest BCUT2D eigenvalue weighted by Crippen LogP contribution is -2.45. The largest absolute Gasteiger partial charge is 0.416 e. The Hall–Kier alpha value is -3.57. The van der Waals surface area contributed by atoms with Crippen molar-refractivity contribution in [3.63, 3.8) is 0 Å². The minimum Gasteiger partial charge on any atom is -0.326 e. The quantitative estimate of drug-likeness (QED) is 0.626. The maximum Gasteiger partial charge on any atom is 0.416 e. The van der Waals surface area contributed by atoms with Crippen LogP contribution in [0.4, 0.5) is 37.7 Å². The highest BCUT2D eigenvalue weighted by atomic mass is 19.4. The molecule has 6 nitrogen and oxygen atoms in total. The van der Waals surface area contributed by atoms with Crippen LogP contribution in [-0.4, -0.2) is 23.8 Å². The number of carbonyl (C=O) groups excluding carboxylic acids is 2. The molecule has 0 radical (unpaired) electrons. The fourth-order valence-electron chi connectivity index (χ4n) is 2.72. The molecule has 12 heteroatoms. The van der Waals surface area contributed by atoms with Crippen molar-refractivity contribution >= 4 is 29.1 Å². The number of nitrogens with one attached hydrogen (secondary N) is 3. The Balaban J connectivity index is 1.76. The number of alkyl halides is 6. The van der Waals surface area contributed by atoms with Gasteiger partial charge in [0.15, 0.2) is 0 Å². The molecule has 2 amide bonds. The van der Waals surface area contributed by atoms with Crippen molar-refractivity contribution in [3.8, 4) is 0 Å². The van der Waals surface area contributed by atoms with Gasteiger partial charge in [0.1, 0.15) is 6.04 Å². The minimum absolute atomic E-state index is 0.0344. The first-order chi connectivity index (χ1) is 14.4. The van der Waals surface area contributed by atoms with Crippen molar-refractivity contribution in [2.45, 2.75) is 24.8 Å². The van der Waals surface area contributed by atoms with Gasteiger partial charge in [-0.05, 0) is 36.4 Å². The molecule has 3 rings (SSSR count). The Morgan fingerprint density at radius 2 is 1.48 bits per heavy atom. The van der Waals surface area contributed by atoms with Crippen LogP contribution in [0, 0.1) is 0 Å². The van der Waals surface area contributed by atoms with Crippen LogP contribution in [0.25, 0.3) is 0 Å². The molecule has 1 atom stereocenters. The van der Waals surface area contributed by atoms with Gasteiger partial charge < -0.3 is 10.6 Å². The summed E-state index contributed by atoms with van der Waals surface area (Å²) in [5.41, 5.74) is -2.08. The topological polar surface area (TPSA) is 82.6 Å². The van der Waals surface area contributed by atoms with Crippen LogP contribution in [0.2, 0.25) is 0 Å². The first-order valence-corrected chi connectivity index (χ1v) is 8.72. The van der Waals surface area contributed by atoms with E-state index in [9.17, 15) is 35.9 Å². The first-order valence-electron chi connectivity index (χ1n) is 8.72. The van der Waals surface area contributed by atoms with Crippen molar-refractivity contribution in [2.75, 3.05) is 10.6 Å². The maximum atomic E-state index is 12.8. The second-order valence-corrected chi connectivity index (χ2v) is 6.52. The van der Waals surface area contributed by atoms with Crippen LogP contribution >= 0.6 is 0 Å². The van der Waals surface area contributed by atoms with Crippen LogP contribution in [0.1, 0.15) is 17.5 Å². The Kier molecular flexibility index (Phi) is 5.91. The highest BCUT2D eigenvalue weighted by Gasteiger charge is 2.32. The predicted octanol–water partition coefficient (Wildman–Crippen LogP) is 4.02. The normalized spacial score (nSPS) is 16.9. The SMILES string of the molecule is O=C1C[C@@H](C(=O)Nc2cccc(C(F)(F)F)c2)N=C(Nc2cccc(C(F)(F)F)c2)N1. The summed E-state index contributed by atoms with van der Waals surface area (Å²) in [7, 11) is 0. The van der Waals surface area contributed by atoms with E-state index in [1.54, 1.807) is 0 Å². The number of aliphatic imine (C=N–C) groups is 1. The molecule has 2 aromatic rings. The minimum atomic E-state index is -4.61. The summed E-state index contributed by atoms with van der Waals surface area (Å²) in [6.07, 6.45) is -9.58. The first kappa shape index (κ1) is 22.1. The Morgan fingerprint density at radius 1 is 0.935 bits per heavy atom. The van der Waals surface area contributed by atoms with E-state index in [1.165, 1.54) is 12.1 Å². The molecule has 0 bridgehead atoms. The van der Waals surface area contributed by atoms with E-state index in [4.69, 9.17) is 0 Å². The van der Waals surface area contributed by atoms with Gasteiger partial charge >= 0.3 is 12.4 Å². The second kappa shape index (κ2) is 8.28. The molecule has 1 heterocycles. The van der Waals surface area contributed by atoms with Crippen LogP contribution < -0.4 is 16.0 Å². The highest BCUT2D eigenvalue weighted by molar-refractivity contribution is 6.10. The lowest BCUT2D eigenvalue weighted by atomic mass is 10.1. The van der Waals surface area contributed by atoms with Crippen LogP contribution in [0.3, 0.4) is 0 Å². The third kappa shape index (κ3) is 5.74. The van der Waals surface area contributed by atoms with Gasteiger partial charge in [-0.3, -0.25) is 14.9 Å². The summed E-state index contributed by atoms with van der Waals surface area (Å²) in [4.78, 5) is 28.2. The zero-order chi connectivity index (χ0) is 22.8. The number of anilines is 2.